The Morgan fingerprint density at radius 1 is 1.02 bits per heavy atom. The van der Waals surface area contributed by atoms with Crippen LogP contribution in [0.25, 0.3) is 11.1 Å². The maximum atomic E-state index is 13.5. The number of hydrogen-bond acceptors (Lipinski definition) is 6. The Morgan fingerprint density at radius 2 is 1.79 bits per heavy atom. The number of H-pyrrole nitrogens is 1. The molecule has 43 heavy (non-hydrogen) atoms. The zero-order valence-electron chi connectivity index (χ0n) is 22.8. The van der Waals surface area contributed by atoms with Gasteiger partial charge in [-0.15, -0.1) is 8.78 Å². The van der Waals surface area contributed by atoms with Crippen molar-refractivity contribution < 1.29 is 28.2 Å². The zero-order valence-corrected chi connectivity index (χ0v) is 23.5. The highest BCUT2D eigenvalue weighted by molar-refractivity contribution is 6.30. The molecule has 0 unspecified atom stereocenters. The normalized spacial score (nSPS) is 18.5. The van der Waals surface area contributed by atoms with Gasteiger partial charge in [0, 0.05) is 11.6 Å². The van der Waals surface area contributed by atoms with Crippen molar-refractivity contribution in [2.24, 2.45) is 0 Å². The van der Waals surface area contributed by atoms with Crippen LogP contribution in [0.3, 0.4) is 0 Å². The first-order valence-electron chi connectivity index (χ1n) is 14.0. The predicted octanol–water partition coefficient (Wildman–Crippen LogP) is 5.50. The number of nitrogens with zero attached hydrogens (tertiary/aromatic N) is 2. The molecule has 2 aliphatic heterocycles. The van der Waals surface area contributed by atoms with E-state index < -0.39 is 18.3 Å². The van der Waals surface area contributed by atoms with Crippen molar-refractivity contribution in [1.82, 2.24) is 14.9 Å². The second-order valence-electron chi connectivity index (χ2n) is 11.2. The molecule has 220 valence electrons. The molecule has 0 saturated heterocycles. The van der Waals surface area contributed by atoms with Gasteiger partial charge in [0.2, 0.25) is 0 Å². The molecule has 11 heteroatoms. The molecule has 1 atom stereocenters. The van der Waals surface area contributed by atoms with Crippen molar-refractivity contribution in [1.29, 1.82) is 0 Å². The average molecular weight is 606 g/mol. The lowest BCUT2D eigenvalue weighted by Gasteiger charge is -2.24. The summed E-state index contributed by atoms with van der Waals surface area (Å²) >= 11 is 6.23. The lowest BCUT2D eigenvalue weighted by molar-refractivity contribution is -0.286. The standard InChI is InChI=1S/C32H26ClF2N3O5/c33-22-7-2-6-21(16-22)31(11-12-31)30-36-24-8-3-13-38(17-23(24)28(40)37-30)29(41)27(39)20-5-1-4-18(14-20)19-9-10-25-26(15-19)43-32(34,35)42-25/h1-2,4-7,9-10,14-16,27,39H,3,8,11-13,17H2,(H,36,37,40)/t27-/m1/s1. The van der Waals surface area contributed by atoms with Crippen molar-refractivity contribution in [2.75, 3.05) is 6.54 Å². The first kappa shape index (κ1) is 27.5. The van der Waals surface area contributed by atoms with E-state index in [1.165, 1.54) is 17.0 Å². The van der Waals surface area contributed by atoms with Crippen molar-refractivity contribution in [3.63, 3.8) is 0 Å². The van der Waals surface area contributed by atoms with E-state index in [0.29, 0.717) is 58.2 Å². The molecule has 1 fully saturated rings. The minimum Gasteiger partial charge on any atom is -0.395 e. The van der Waals surface area contributed by atoms with Gasteiger partial charge in [-0.3, -0.25) is 9.59 Å². The summed E-state index contributed by atoms with van der Waals surface area (Å²) in [6.45, 7) is 0.366. The molecular formula is C32H26ClF2N3O5. The van der Waals surface area contributed by atoms with Crippen LogP contribution >= 0.6 is 11.6 Å². The fourth-order valence-electron chi connectivity index (χ4n) is 5.94. The molecule has 3 heterocycles. The number of aliphatic hydroxyl groups excluding tert-OH is 1. The number of halogens is 3. The molecule has 3 aliphatic rings. The van der Waals surface area contributed by atoms with Gasteiger partial charge in [0.05, 0.1) is 23.2 Å². The van der Waals surface area contributed by atoms with Crippen LogP contribution in [-0.4, -0.2) is 38.7 Å². The van der Waals surface area contributed by atoms with E-state index in [-0.39, 0.29) is 29.0 Å². The Balaban J connectivity index is 1.12. The third kappa shape index (κ3) is 5.04. The van der Waals surface area contributed by atoms with Crippen LogP contribution in [0.15, 0.2) is 71.5 Å². The number of fused-ring (bicyclic) bond motifs is 2. The maximum absolute atomic E-state index is 13.5. The Labute approximate surface area is 249 Å². The number of hydrogen-bond donors (Lipinski definition) is 2. The van der Waals surface area contributed by atoms with Crippen LogP contribution < -0.4 is 15.0 Å². The first-order valence-corrected chi connectivity index (χ1v) is 14.4. The molecule has 8 nitrogen and oxygen atoms in total. The molecule has 1 aliphatic carbocycles. The minimum absolute atomic E-state index is 0.0219. The summed E-state index contributed by atoms with van der Waals surface area (Å²) in [6, 6.07) is 18.6. The van der Waals surface area contributed by atoms with Crippen LogP contribution in [0, 0.1) is 0 Å². The maximum Gasteiger partial charge on any atom is 0.586 e. The number of aromatic nitrogens is 2. The lowest BCUT2D eigenvalue weighted by atomic mass is 9.94. The highest BCUT2D eigenvalue weighted by Crippen LogP contribution is 2.52. The summed E-state index contributed by atoms with van der Waals surface area (Å²) in [7, 11) is 0. The minimum atomic E-state index is -3.73. The van der Waals surface area contributed by atoms with Crippen LogP contribution in [0.2, 0.25) is 5.02 Å². The number of ether oxygens (including phenoxy) is 2. The number of nitrogens with one attached hydrogen (secondary N) is 1. The van der Waals surface area contributed by atoms with E-state index >= 15 is 0 Å². The quantitative estimate of drug-likeness (QED) is 0.311. The number of alkyl halides is 2. The summed E-state index contributed by atoms with van der Waals surface area (Å²) in [5.74, 6) is -0.108. The first-order chi connectivity index (χ1) is 20.6. The van der Waals surface area contributed by atoms with E-state index in [1.54, 1.807) is 30.3 Å². The number of aliphatic hydroxyl groups is 1. The smallest absolute Gasteiger partial charge is 0.395 e. The van der Waals surface area contributed by atoms with Gasteiger partial charge in [-0.2, -0.15) is 0 Å². The number of carbonyl (C=O) groups is 1. The fourth-order valence-corrected chi connectivity index (χ4v) is 6.13. The van der Waals surface area contributed by atoms with Gasteiger partial charge in [-0.25, -0.2) is 4.98 Å². The zero-order chi connectivity index (χ0) is 29.9. The highest BCUT2D eigenvalue weighted by atomic mass is 35.5. The topological polar surface area (TPSA) is 105 Å². The van der Waals surface area contributed by atoms with Gasteiger partial charge in [0.15, 0.2) is 17.6 Å². The van der Waals surface area contributed by atoms with Crippen LogP contribution in [0.1, 0.15) is 53.6 Å². The second kappa shape index (κ2) is 10.2. The molecular weight excluding hydrogens is 580 g/mol. The monoisotopic (exact) mass is 605 g/mol. The molecule has 2 N–H and O–H groups in total. The van der Waals surface area contributed by atoms with Gasteiger partial charge in [0.25, 0.3) is 11.5 Å². The third-order valence-corrected chi connectivity index (χ3v) is 8.59. The molecule has 1 saturated carbocycles. The summed E-state index contributed by atoms with van der Waals surface area (Å²) in [5, 5.41) is 11.7. The Morgan fingerprint density at radius 3 is 2.58 bits per heavy atom. The van der Waals surface area contributed by atoms with Crippen molar-refractivity contribution in [3.05, 3.63) is 110 Å². The summed E-state index contributed by atoms with van der Waals surface area (Å²) < 4.78 is 35.9. The molecule has 1 amide bonds. The molecule has 7 rings (SSSR count). The summed E-state index contributed by atoms with van der Waals surface area (Å²) in [6.07, 6.45) is -2.42. The van der Waals surface area contributed by atoms with E-state index in [0.717, 1.165) is 18.4 Å². The van der Waals surface area contributed by atoms with Crippen molar-refractivity contribution in [3.8, 4) is 22.6 Å². The molecule has 0 bridgehead atoms. The van der Waals surface area contributed by atoms with Gasteiger partial charge in [-0.1, -0.05) is 48.0 Å². The molecule has 3 aromatic carbocycles. The fraction of sp³-hybridized carbons (Fsp3) is 0.281. The van der Waals surface area contributed by atoms with Crippen molar-refractivity contribution >= 4 is 17.5 Å². The van der Waals surface area contributed by atoms with Gasteiger partial charge in [0.1, 0.15) is 5.82 Å². The van der Waals surface area contributed by atoms with Crippen molar-refractivity contribution in [2.45, 2.75) is 50.0 Å². The van der Waals surface area contributed by atoms with Crippen LogP contribution in [-0.2, 0) is 23.2 Å². The number of aryl methyl sites for hydroxylation is 1. The number of rotatable bonds is 5. The SMILES string of the molecule is O=C([C@H](O)c1cccc(-c2ccc3c(c2)OC(F)(F)O3)c1)N1CCCc2nc(C3(c4cccc(Cl)c4)CC3)[nH]c(=O)c2C1. The number of aromatic amines is 1. The Kier molecular flexibility index (Phi) is 6.51. The van der Waals surface area contributed by atoms with E-state index in [2.05, 4.69) is 14.5 Å². The average Bonchev–Trinajstić information content (AvgIpc) is 3.77. The van der Waals surface area contributed by atoms with Gasteiger partial charge in [-0.05, 0) is 78.3 Å². The summed E-state index contributed by atoms with van der Waals surface area (Å²) in [4.78, 5) is 36.2. The predicted molar refractivity (Wildman–Crippen MR) is 153 cm³/mol. The molecule has 0 radical (unpaired) electrons. The number of amides is 1. The van der Waals surface area contributed by atoms with E-state index in [9.17, 15) is 23.5 Å². The highest BCUT2D eigenvalue weighted by Gasteiger charge is 2.49. The molecule has 4 aromatic rings. The van der Waals surface area contributed by atoms with E-state index in [4.69, 9.17) is 16.6 Å². The molecule has 1 aromatic heterocycles. The Bertz CT molecular complexity index is 1820. The number of carbonyl (C=O) groups excluding carboxylic acids is 1. The third-order valence-electron chi connectivity index (χ3n) is 8.35. The largest absolute Gasteiger partial charge is 0.586 e. The van der Waals surface area contributed by atoms with Gasteiger partial charge < -0.3 is 24.5 Å². The van der Waals surface area contributed by atoms with E-state index in [1.807, 2.05) is 24.3 Å². The van der Waals surface area contributed by atoms with Gasteiger partial charge >= 0.3 is 6.29 Å². The Hall–Kier alpha value is -4.28. The number of benzene rings is 3. The lowest BCUT2D eigenvalue weighted by Crippen LogP contribution is -2.36. The summed E-state index contributed by atoms with van der Waals surface area (Å²) in [5.41, 5.74) is 2.88. The van der Waals surface area contributed by atoms with Crippen LogP contribution in [0.5, 0.6) is 11.5 Å². The second-order valence-corrected chi connectivity index (χ2v) is 11.6. The van der Waals surface area contributed by atoms with Crippen LogP contribution in [0.4, 0.5) is 8.78 Å². The molecule has 0 spiro atoms.